The van der Waals surface area contributed by atoms with Gasteiger partial charge in [0.05, 0.1) is 20.8 Å². The summed E-state index contributed by atoms with van der Waals surface area (Å²) in [6.45, 7) is 6.44. The van der Waals surface area contributed by atoms with Gasteiger partial charge in [0, 0.05) is 11.1 Å². The fourth-order valence-electron chi connectivity index (χ4n) is 4.15. The van der Waals surface area contributed by atoms with Crippen molar-refractivity contribution in [2.24, 2.45) is 0 Å². The van der Waals surface area contributed by atoms with Crippen LogP contribution in [0.1, 0.15) is 43.4 Å². The molecule has 34 heavy (non-hydrogen) atoms. The van der Waals surface area contributed by atoms with Gasteiger partial charge in [-0.15, -0.1) is 0 Å². The van der Waals surface area contributed by atoms with Gasteiger partial charge in [-0.05, 0) is 57.2 Å². The van der Waals surface area contributed by atoms with Gasteiger partial charge in [0.1, 0.15) is 22.8 Å². The maximum Gasteiger partial charge on any atom is 0.320 e. The molecule has 1 aliphatic heterocycles. The average molecular weight is 537 g/mol. The van der Waals surface area contributed by atoms with E-state index in [1.807, 2.05) is 31.2 Å². The van der Waals surface area contributed by atoms with Gasteiger partial charge < -0.3 is 28.8 Å². The molecule has 1 aliphatic rings. The van der Waals surface area contributed by atoms with Crippen molar-refractivity contribution in [3.8, 4) is 28.7 Å². The Morgan fingerprint density at radius 1 is 1.18 bits per heavy atom. The van der Waals surface area contributed by atoms with Crippen molar-refractivity contribution in [1.29, 1.82) is 0 Å². The van der Waals surface area contributed by atoms with Gasteiger partial charge in [-0.2, -0.15) is 0 Å². The maximum atomic E-state index is 11.8. The van der Waals surface area contributed by atoms with Crippen LogP contribution in [0.15, 0.2) is 24.3 Å². The van der Waals surface area contributed by atoms with E-state index in [1.165, 1.54) is 14.2 Å². The third-order valence-electron chi connectivity index (χ3n) is 6.29. The van der Waals surface area contributed by atoms with Gasteiger partial charge in [0.15, 0.2) is 11.5 Å². The number of esters is 1. The molecule has 1 heterocycles. The van der Waals surface area contributed by atoms with Crippen LogP contribution in [0.2, 0.25) is 0 Å². The molecular weight excluding hydrogens is 504 g/mol. The standard InChI is InChI=1S/C26H33BrO7/c1-6-26(13-12-19-16(3)21(28)23(30-4)24(31-5)22(19)34-26)15-33-18-10-8-17(9-11-18)14-20(27)25(29)32-7-2/h8-11,20,28H,6-7,12-15H2,1-5H3. The first kappa shape index (κ1) is 26.0. The normalized spacial score (nSPS) is 17.8. The van der Waals surface area contributed by atoms with Gasteiger partial charge >= 0.3 is 5.97 Å². The fraction of sp³-hybridized carbons (Fsp3) is 0.500. The van der Waals surface area contributed by atoms with E-state index in [0.717, 1.165) is 41.7 Å². The Kier molecular flexibility index (Phi) is 8.57. The highest BCUT2D eigenvalue weighted by molar-refractivity contribution is 9.10. The zero-order valence-corrected chi connectivity index (χ0v) is 22.0. The van der Waals surface area contributed by atoms with E-state index in [-0.39, 0.29) is 22.3 Å². The second kappa shape index (κ2) is 11.2. The predicted molar refractivity (Wildman–Crippen MR) is 133 cm³/mol. The van der Waals surface area contributed by atoms with Crippen LogP contribution in [-0.2, 0) is 22.4 Å². The molecule has 3 rings (SSSR count). The van der Waals surface area contributed by atoms with E-state index in [1.54, 1.807) is 6.92 Å². The number of benzene rings is 2. The molecule has 2 aromatic rings. The number of fused-ring (bicyclic) bond motifs is 1. The Morgan fingerprint density at radius 3 is 2.44 bits per heavy atom. The number of carbonyl (C=O) groups is 1. The second-order valence-corrected chi connectivity index (χ2v) is 9.45. The summed E-state index contributed by atoms with van der Waals surface area (Å²) in [6, 6.07) is 7.68. The van der Waals surface area contributed by atoms with Gasteiger partial charge in [-0.1, -0.05) is 35.0 Å². The van der Waals surface area contributed by atoms with Crippen molar-refractivity contribution < 1.29 is 33.6 Å². The number of halogens is 1. The molecule has 2 unspecified atom stereocenters. The lowest BCUT2D eigenvalue weighted by molar-refractivity contribution is -0.142. The molecule has 0 saturated heterocycles. The Hall–Kier alpha value is -2.61. The monoisotopic (exact) mass is 536 g/mol. The number of carbonyl (C=O) groups excluding carboxylic acids is 1. The summed E-state index contributed by atoms with van der Waals surface area (Å²) in [5.41, 5.74) is 2.12. The van der Waals surface area contributed by atoms with Gasteiger partial charge in [-0.25, -0.2) is 0 Å². The molecule has 2 aromatic carbocycles. The molecule has 1 N–H and O–H groups in total. The molecular formula is C26H33BrO7. The molecule has 186 valence electrons. The van der Waals surface area contributed by atoms with Crippen LogP contribution in [-0.4, -0.2) is 48.9 Å². The van der Waals surface area contributed by atoms with Crippen LogP contribution in [0.5, 0.6) is 28.7 Å². The Labute approximate surface area is 209 Å². The van der Waals surface area contributed by atoms with Crippen LogP contribution >= 0.6 is 15.9 Å². The largest absolute Gasteiger partial charge is 0.504 e. The number of aromatic hydroxyl groups is 1. The average Bonchev–Trinajstić information content (AvgIpc) is 2.85. The summed E-state index contributed by atoms with van der Waals surface area (Å²) in [4.78, 5) is 11.5. The first-order chi connectivity index (χ1) is 16.3. The zero-order valence-electron chi connectivity index (χ0n) is 20.4. The van der Waals surface area contributed by atoms with Gasteiger partial charge in [0.2, 0.25) is 11.5 Å². The Bertz CT molecular complexity index is 1010. The number of hydrogen-bond acceptors (Lipinski definition) is 7. The van der Waals surface area contributed by atoms with E-state index in [0.29, 0.717) is 31.1 Å². The number of methoxy groups -OCH3 is 2. The molecule has 2 atom stereocenters. The summed E-state index contributed by atoms with van der Waals surface area (Å²) < 4.78 is 28.7. The van der Waals surface area contributed by atoms with E-state index in [2.05, 4.69) is 22.9 Å². The molecule has 7 nitrogen and oxygen atoms in total. The van der Waals surface area contributed by atoms with E-state index in [4.69, 9.17) is 23.7 Å². The van der Waals surface area contributed by atoms with Crippen LogP contribution < -0.4 is 18.9 Å². The van der Waals surface area contributed by atoms with Crippen molar-refractivity contribution in [2.45, 2.75) is 56.9 Å². The lowest BCUT2D eigenvalue weighted by Crippen LogP contribution is -2.44. The summed E-state index contributed by atoms with van der Waals surface area (Å²) in [5, 5.41) is 10.5. The third kappa shape index (κ3) is 5.37. The number of hydrogen-bond donors (Lipinski definition) is 1. The number of ether oxygens (including phenoxy) is 5. The molecule has 0 spiro atoms. The van der Waals surface area contributed by atoms with Crippen LogP contribution in [0, 0.1) is 6.92 Å². The highest BCUT2D eigenvalue weighted by atomic mass is 79.9. The maximum absolute atomic E-state index is 11.8. The molecule has 0 amide bonds. The van der Waals surface area contributed by atoms with E-state index < -0.39 is 5.60 Å². The number of alkyl halides is 1. The molecule has 0 aliphatic carbocycles. The molecule has 8 heteroatoms. The van der Waals surface area contributed by atoms with Crippen molar-refractivity contribution in [3.63, 3.8) is 0 Å². The quantitative estimate of drug-likeness (QED) is 0.332. The molecule has 0 radical (unpaired) electrons. The predicted octanol–water partition coefficient (Wildman–Crippen LogP) is 5.14. The topological polar surface area (TPSA) is 83.5 Å². The fourth-order valence-corrected chi connectivity index (χ4v) is 4.65. The van der Waals surface area contributed by atoms with Gasteiger partial charge in [-0.3, -0.25) is 4.79 Å². The lowest BCUT2D eigenvalue weighted by Gasteiger charge is -2.39. The molecule has 0 aromatic heterocycles. The zero-order chi connectivity index (χ0) is 24.9. The van der Waals surface area contributed by atoms with Crippen molar-refractivity contribution in [3.05, 3.63) is 41.0 Å². The number of phenolic OH excluding ortho intramolecular Hbond substituents is 1. The van der Waals surface area contributed by atoms with Crippen LogP contribution in [0.4, 0.5) is 0 Å². The highest BCUT2D eigenvalue weighted by Gasteiger charge is 2.40. The molecule has 0 saturated carbocycles. The van der Waals surface area contributed by atoms with E-state index >= 15 is 0 Å². The molecule has 0 fully saturated rings. The first-order valence-electron chi connectivity index (χ1n) is 11.5. The Morgan fingerprint density at radius 2 is 1.85 bits per heavy atom. The number of rotatable bonds is 10. The molecule has 0 bridgehead atoms. The number of phenols is 1. The summed E-state index contributed by atoms with van der Waals surface area (Å²) in [5.74, 6) is 1.81. The third-order valence-corrected chi connectivity index (χ3v) is 6.99. The SMILES string of the molecule is CCOC(=O)C(Br)Cc1ccc(OCC2(CC)CCc3c(C)c(O)c(OC)c(OC)c3O2)cc1. The Balaban J connectivity index is 1.73. The van der Waals surface area contributed by atoms with Crippen molar-refractivity contribution in [1.82, 2.24) is 0 Å². The minimum absolute atomic E-state index is 0.0794. The summed E-state index contributed by atoms with van der Waals surface area (Å²) in [6.07, 6.45) is 2.74. The first-order valence-corrected chi connectivity index (χ1v) is 12.4. The highest BCUT2D eigenvalue weighted by Crippen LogP contribution is 2.52. The van der Waals surface area contributed by atoms with Crippen molar-refractivity contribution in [2.75, 3.05) is 27.4 Å². The summed E-state index contributed by atoms with van der Waals surface area (Å²) >= 11 is 3.39. The van der Waals surface area contributed by atoms with Crippen LogP contribution in [0.25, 0.3) is 0 Å². The van der Waals surface area contributed by atoms with Gasteiger partial charge in [0.25, 0.3) is 0 Å². The second-order valence-electron chi connectivity index (χ2n) is 8.34. The minimum Gasteiger partial charge on any atom is -0.504 e. The minimum atomic E-state index is -0.543. The summed E-state index contributed by atoms with van der Waals surface area (Å²) in [7, 11) is 3.03. The van der Waals surface area contributed by atoms with Crippen LogP contribution in [0.3, 0.4) is 0 Å². The lowest BCUT2D eigenvalue weighted by atomic mass is 9.87. The smallest absolute Gasteiger partial charge is 0.320 e. The van der Waals surface area contributed by atoms with E-state index in [9.17, 15) is 9.90 Å². The van der Waals surface area contributed by atoms with Crippen molar-refractivity contribution >= 4 is 21.9 Å².